The first-order valence-corrected chi connectivity index (χ1v) is 6.02. The van der Waals surface area contributed by atoms with Crippen LogP contribution < -0.4 is 10.6 Å². The molecular formula is C12H18N2O. The molecule has 2 aliphatic carbocycles. The van der Waals surface area contributed by atoms with E-state index >= 15 is 0 Å². The second-order valence-electron chi connectivity index (χ2n) is 5.09. The van der Waals surface area contributed by atoms with Crippen molar-refractivity contribution in [1.82, 2.24) is 10.6 Å². The van der Waals surface area contributed by atoms with Crippen molar-refractivity contribution in [2.45, 2.75) is 25.3 Å². The Bertz CT molecular complexity index is 294. The average Bonchev–Trinajstić information content (AvgIpc) is 2.93. The van der Waals surface area contributed by atoms with Gasteiger partial charge in [0.2, 0.25) is 5.91 Å². The molecule has 1 amide bonds. The van der Waals surface area contributed by atoms with Crippen LogP contribution in [-0.4, -0.2) is 25.0 Å². The zero-order valence-corrected chi connectivity index (χ0v) is 8.91. The van der Waals surface area contributed by atoms with Crippen LogP contribution >= 0.6 is 0 Å². The summed E-state index contributed by atoms with van der Waals surface area (Å²) in [7, 11) is 0. The highest BCUT2D eigenvalue weighted by molar-refractivity contribution is 5.80. The summed E-state index contributed by atoms with van der Waals surface area (Å²) in [6, 6.07) is 0.376. The van der Waals surface area contributed by atoms with E-state index in [0.717, 1.165) is 25.9 Å². The van der Waals surface area contributed by atoms with Crippen LogP contribution in [0.5, 0.6) is 0 Å². The minimum Gasteiger partial charge on any atom is -0.352 e. The van der Waals surface area contributed by atoms with Crippen molar-refractivity contribution in [3.8, 4) is 0 Å². The van der Waals surface area contributed by atoms with Gasteiger partial charge in [-0.1, -0.05) is 12.2 Å². The number of allylic oxidation sites excluding steroid dienone is 2. The molecule has 3 heteroatoms. The molecule has 3 aliphatic rings. The Kier molecular flexibility index (Phi) is 2.28. The minimum absolute atomic E-state index is 0.264. The van der Waals surface area contributed by atoms with Crippen LogP contribution in [0.4, 0.5) is 0 Å². The van der Waals surface area contributed by atoms with Gasteiger partial charge in [-0.05, 0) is 37.6 Å². The van der Waals surface area contributed by atoms with Gasteiger partial charge < -0.3 is 10.6 Å². The summed E-state index contributed by atoms with van der Waals surface area (Å²) < 4.78 is 0. The average molecular weight is 206 g/mol. The van der Waals surface area contributed by atoms with Crippen LogP contribution in [0.2, 0.25) is 0 Å². The smallest absolute Gasteiger partial charge is 0.223 e. The number of carbonyl (C=O) groups excluding carboxylic acids is 1. The van der Waals surface area contributed by atoms with Gasteiger partial charge in [-0.25, -0.2) is 0 Å². The monoisotopic (exact) mass is 206 g/mol. The molecule has 82 valence electrons. The number of hydrogen-bond acceptors (Lipinski definition) is 2. The maximum atomic E-state index is 12.0. The molecule has 0 aromatic rings. The van der Waals surface area contributed by atoms with E-state index in [2.05, 4.69) is 22.8 Å². The van der Waals surface area contributed by atoms with Crippen molar-refractivity contribution >= 4 is 5.91 Å². The summed E-state index contributed by atoms with van der Waals surface area (Å²) >= 11 is 0. The molecule has 2 N–H and O–H groups in total. The number of carbonyl (C=O) groups is 1. The Labute approximate surface area is 90.3 Å². The quantitative estimate of drug-likeness (QED) is 0.652. The fourth-order valence-corrected chi connectivity index (χ4v) is 3.17. The van der Waals surface area contributed by atoms with Crippen LogP contribution in [0.25, 0.3) is 0 Å². The van der Waals surface area contributed by atoms with Gasteiger partial charge in [0.1, 0.15) is 0 Å². The third-order valence-electron chi connectivity index (χ3n) is 4.02. The molecule has 0 spiro atoms. The normalized spacial score (nSPS) is 42.4. The largest absolute Gasteiger partial charge is 0.352 e. The molecular weight excluding hydrogens is 188 g/mol. The molecule has 0 aromatic heterocycles. The van der Waals surface area contributed by atoms with E-state index in [1.807, 2.05) is 0 Å². The summed E-state index contributed by atoms with van der Waals surface area (Å²) in [6.45, 7) is 1.99. The number of fused-ring (bicyclic) bond motifs is 2. The number of rotatable bonds is 2. The van der Waals surface area contributed by atoms with Crippen LogP contribution in [0.15, 0.2) is 12.2 Å². The standard InChI is InChI=1S/C12H18N2O/c15-12(14-10-3-4-13-7-10)11-6-8-1-2-9(11)5-8/h1-2,8-11,13H,3-7H2,(H,14,15)/t8?,9?,10-,11?/m0/s1. The van der Waals surface area contributed by atoms with Crippen LogP contribution in [0.1, 0.15) is 19.3 Å². The Morgan fingerprint density at radius 2 is 2.27 bits per heavy atom. The molecule has 2 bridgehead atoms. The number of nitrogens with one attached hydrogen (secondary N) is 2. The van der Waals surface area contributed by atoms with E-state index in [1.165, 1.54) is 6.42 Å². The Balaban J connectivity index is 1.58. The Morgan fingerprint density at radius 1 is 1.33 bits per heavy atom. The van der Waals surface area contributed by atoms with Crippen molar-refractivity contribution < 1.29 is 4.79 Å². The Hall–Kier alpha value is -0.830. The van der Waals surface area contributed by atoms with Crippen LogP contribution in [-0.2, 0) is 4.79 Å². The molecule has 1 saturated carbocycles. The van der Waals surface area contributed by atoms with Gasteiger partial charge in [0.25, 0.3) is 0 Å². The summed E-state index contributed by atoms with van der Waals surface area (Å²) in [5, 5.41) is 6.44. The highest BCUT2D eigenvalue weighted by Crippen LogP contribution is 2.43. The fourth-order valence-electron chi connectivity index (χ4n) is 3.17. The summed E-state index contributed by atoms with van der Waals surface area (Å²) in [5.41, 5.74) is 0. The summed E-state index contributed by atoms with van der Waals surface area (Å²) in [5.74, 6) is 1.78. The zero-order valence-electron chi connectivity index (χ0n) is 8.91. The molecule has 3 rings (SSSR count). The summed E-state index contributed by atoms with van der Waals surface area (Å²) in [4.78, 5) is 12.0. The molecule has 2 fully saturated rings. The van der Waals surface area contributed by atoms with Crippen LogP contribution in [0.3, 0.4) is 0 Å². The van der Waals surface area contributed by atoms with Gasteiger partial charge in [-0.3, -0.25) is 4.79 Å². The first-order chi connectivity index (χ1) is 7.33. The van der Waals surface area contributed by atoms with Gasteiger partial charge in [0.15, 0.2) is 0 Å². The van der Waals surface area contributed by atoms with Crippen molar-refractivity contribution in [3.63, 3.8) is 0 Å². The molecule has 3 nitrogen and oxygen atoms in total. The molecule has 1 heterocycles. The lowest BCUT2D eigenvalue weighted by atomic mass is 9.92. The molecule has 3 unspecified atom stereocenters. The first-order valence-electron chi connectivity index (χ1n) is 6.02. The van der Waals surface area contributed by atoms with Gasteiger partial charge in [-0.15, -0.1) is 0 Å². The highest BCUT2D eigenvalue weighted by atomic mass is 16.2. The van der Waals surface area contributed by atoms with Crippen molar-refractivity contribution in [2.75, 3.05) is 13.1 Å². The van der Waals surface area contributed by atoms with Gasteiger partial charge >= 0.3 is 0 Å². The molecule has 4 atom stereocenters. The number of amides is 1. The SMILES string of the molecule is O=C(N[C@H]1CCNC1)C1CC2C=CC1C2. The van der Waals surface area contributed by atoms with E-state index in [1.54, 1.807) is 0 Å². The van der Waals surface area contributed by atoms with E-state index < -0.39 is 0 Å². The van der Waals surface area contributed by atoms with Crippen molar-refractivity contribution in [2.24, 2.45) is 17.8 Å². The molecule has 0 aromatic carbocycles. The topological polar surface area (TPSA) is 41.1 Å². The van der Waals surface area contributed by atoms with Crippen molar-refractivity contribution in [1.29, 1.82) is 0 Å². The van der Waals surface area contributed by atoms with E-state index in [-0.39, 0.29) is 5.92 Å². The molecule has 0 radical (unpaired) electrons. The van der Waals surface area contributed by atoms with Gasteiger partial charge in [0.05, 0.1) is 0 Å². The van der Waals surface area contributed by atoms with E-state index in [9.17, 15) is 4.79 Å². The molecule has 1 saturated heterocycles. The zero-order chi connectivity index (χ0) is 10.3. The third-order valence-corrected chi connectivity index (χ3v) is 4.02. The predicted molar refractivity (Wildman–Crippen MR) is 58.3 cm³/mol. The fraction of sp³-hybridized carbons (Fsp3) is 0.750. The number of hydrogen-bond donors (Lipinski definition) is 2. The van der Waals surface area contributed by atoms with E-state index in [0.29, 0.717) is 23.8 Å². The predicted octanol–water partition coefficient (Wildman–Crippen LogP) is 0.677. The first kappa shape index (κ1) is 9.40. The van der Waals surface area contributed by atoms with Gasteiger partial charge in [-0.2, -0.15) is 0 Å². The lowest BCUT2D eigenvalue weighted by molar-refractivity contribution is -0.126. The molecule has 1 aliphatic heterocycles. The van der Waals surface area contributed by atoms with Gasteiger partial charge in [0, 0.05) is 18.5 Å². The van der Waals surface area contributed by atoms with Crippen molar-refractivity contribution in [3.05, 3.63) is 12.2 Å². The van der Waals surface area contributed by atoms with E-state index in [4.69, 9.17) is 0 Å². The molecule has 15 heavy (non-hydrogen) atoms. The lowest BCUT2D eigenvalue weighted by Crippen LogP contribution is -2.41. The second kappa shape index (κ2) is 3.63. The maximum Gasteiger partial charge on any atom is 0.223 e. The minimum atomic E-state index is 0.264. The second-order valence-corrected chi connectivity index (χ2v) is 5.09. The lowest BCUT2D eigenvalue weighted by Gasteiger charge is -2.20. The Morgan fingerprint density at radius 3 is 2.87 bits per heavy atom. The summed E-state index contributed by atoms with van der Waals surface area (Å²) in [6.07, 6.45) is 7.90. The third kappa shape index (κ3) is 1.69. The van der Waals surface area contributed by atoms with Crippen LogP contribution in [0, 0.1) is 17.8 Å². The highest BCUT2D eigenvalue weighted by Gasteiger charge is 2.40. The maximum absolute atomic E-state index is 12.0.